The van der Waals surface area contributed by atoms with Crippen molar-refractivity contribution in [3.63, 3.8) is 0 Å². The van der Waals surface area contributed by atoms with Crippen LogP contribution in [0.1, 0.15) is 5.69 Å². The highest BCUT2D eigenvalue weighted by Gasteiger charge is 2.19. The summed E-state index contributed by atoms with van der Waals surface area (Å²) in [4.78, 5) is 4.79. The number of hydrogen-bond acceptors (Lipinski definition) is 6. The summed E-state index contributed by atoms with van der Waals surface area (Å²) >= 11 is 7.48. The molecule has 0 radical (unpaired) electrons. The number of piperazine rings is 1. The lowest BCUT2D eigenvalue weighted by atomic mass is 10.2. The highest BCUT2D eigenvalue weighted by molar-refractivity contribution is 7.10. The molecule has 1 aliphatic heterocycles. The summed E-state index contributed by atoms with van der Waals surface area (Å²) in [6.45, 7) is 4.91. The van der Waals surface area contributed by atoms with Crippen LogP contribution in [0.25, 0.3) is 0 Å². The maximum absolute atomic E-state index is 6.06. The molecule has 1 N–H and O–H groups in total. The Morgan fingerprint density at radius 3 is 2.81 bits per heavy atom. The van der Waals surface area contributed by atoms with Crippen LogP contribution in [0.2, 0.25) is 5.02 Å². The maximum atomic E-state index is 6.06. The molecule has 0 bridgehead atoms. The van der Waals surface area contributed by atoms with E-state index in [1.54, 1.807) is 0 Å². The SMILES string of the molecule is CNc1snnc1CN1CCN(c2cccc(Cl)c2)CC1. The molecule has 0 unspecified atom stereocenters. The standard InChI is InChI=1S/C14H18ClN5S/c1-16-14-13(17-18-21-14)10-19-5-7-20(8-6-19)12-4-2-3-11(15)9-12/h2-4,9,16H,5-8,10H2,1H3. The van der Waals surface area contributed by atoms with Crippen molar-refractivity contribution in [1.29, 1.82) is 0 Å². The second kappa shape index (κ2) is 6.60. The summed E-state index contributed by atoms with van der Waals surface area (Å²) in [5.41, 5.74) is 2.24. The monoisotopic (exact) mass is 323 g/mol. The number of halogens is 1. The number of hydrogen-bond donors (Lipinski definition) is 1. The predicted octanol–water partition coefficient (Wildman–Crippen LogP) is 2.56. The number of anilines is 2. The molecular weight excluding hydrogens is 306 g/mol. The van der Waals surface area contributed by atoms with Crippen LogP contribution in [-0.4, -0.2) is 47.7 Å². The molecule has 5 nitrogen and oxygen atoms in total. The molecule has 0 saturated carbocycles. The average molecular weight is 324 g/mol. The molecule has 1 fully saturated rings. The van der Waals surface area contributed by atoms with E-state index in [0.29, 0.717) is 0 Å². The lowest BCUT2D eigenvalue weighted by Crippen LogP contribution is -2.46. The molecule has 0 aliphatic carbocycles. The van der Waals surface area contributed by atoms with Crippen LogP contribution in [0.5, 0.6) is 0 Å². The average Bonchev–Trinajstić information content (AvgIpc) is 2.95. The normalized spacial score (nSPS) is 16.2. The van der Waals surface area contributed by atoms with Gasteiger partial charge in [-0.15, -0.1) is 5.10 Å². The molecule has 2 heterocycles. The van der Waals surface area contributed by atoms with E-state index in [-0.39, 0.29) is 0 Å². The van der Waals surface area contributed by atoms with Crippen LogP contribution in [0.4, 0.5) is 10.7 Å². The van der Waals surface area contributed by atoms with Gasteiger partial charge >= 0.3 is 0 Å². The Morgan fingerprint density at radius 2 is 2.10 bits per heavy atom. The van der Waals surface area contributed by atoms with E-state index in [4.69, 9.17) is 11.6 Å². The zero-order chi connectivity index (χ0) is 14.7. The van der Waals surface area contributed by atoms with Gasteiger partial charge in [-0.25, -0.2) is 0 Å². The second-order valence-electron chi connectivity index (χ2n) is 5.04. The van der Waals surface area contributed by atoms with Crippen molar-refractivity contribution in [1.82, 2.24) is 14.5 Å². The van der Waals surface area contributed by atoms with Gasteiger partial charge < -0.3 is 10.2 Å². The molecule has 0 spiro atoms. The minimum Gasteiger partial charge on any atom is -0.377 e. The summed E-state index contributed by atoms with van der Waals surface area (Å²) in [5, 5.41) is 9.21. The number of nitrogens with zero attached hydrogens (tertiary/aromatic N) is 4. The Bertz CT molecular complexity index is 595. The highest BCUT2D eigenvalue weighted by Crippen LogP contribution is 2.22. The van der Waals surface area contributed by atoms with Crippen LogP contribution < -0.4 is 10.2 Å². The zero-order valence-corrected chi connectivity index (χ0v) is 13.5. The first-order chi connectivity index (χ1) is 10.3. The zero-order valence-electron chi connectivity index (χ0n) is 11.9. The first kappa shape index (κ1) is 14.6. The van der Waals surface area contributed by atoms with Gasteiger partial charge in [0.1, 0.15) is 10.7 Å². The lowest BCUT2D eigenvalue weighted by molar-refractivity contribution is 0.247. The van der Waals surface area contributed by atoms with E-state index in [2.05, 4.69) is 30.8 Å². The van der Waals surface area contributed by atoms with Crippen molar-refractivity contribution < 1.29 is 0 Å². The van der Waals surface area contributed by atoms with Crippen molar-refractivity contribution in [3.8, 4) is 0 Å². The van der Waals surface area contributed by atoms with Crippen LogP contribution in [0, 0.1) is 0 Å². The fourth-order valence-electron chi connectivity index (χ4n) is 2.55. The molecule has 1 aromatic carbocycles. The van der Waals surface area contributed by atoms with Crippen molar-refractivity contribution >= 4 is 33.8 Å². The third-order valence-electron chi connectivity index (χ3n) is 3.70. The van der Waals surface area contributed by atoms with Gasteiger partial charge in [0.25, 0.3) is 0 Å². The van der Waals surface area contributed by atoms with E-state index in [9.17, 15) is 0 Å². The van der Waals surface area contributed by atoms with Gasteiger partial charge in [0.2, 0.25) is 0 Å². The summed E-state index contributed by atoms with van der Waals surface area (Å²) in [6.07, 6.45) is 0. The molecular formula is C14H18ClN5S. The Morgan fingerprint density at radius 1 is 1.29 bits per heavy atom. The van der Waals surface area contributed by atoms with Gasteiger partial charge in [-0.05, 0) is 18.2 Å². The molecule has 0 atom stereocenters. The second-order valence-corrected chi connectivity index (χ2v) is 6.23. The predicted molar refractivity (Wildman–Crippen MR) is 88.4 cm³/mol. The first-order valence-corrected chi connectivity index (χ1v) is 8.13. The van der Waals surface area contributed by atoms with Gasteiger partial charge in [0.15, 0.2) is 0 Å². The fourth-order valence-corrected chi connectivity index (χ4v) is 3.26. The Balaban J connectivity index is 1.58. The van der Waals surface area contributed by atoms with Crippen LogP contribution in [0.15, 0.2) is 24.3 Å². The number of benzene rings is 1. The van der Waals surface area contributed by atoms with E-state index in [1.807, 2.05) is 25.2 Å². The van der Waals surface area contributed by atoms with Gasteiger partial charge in [0.05, 0.1) is 0 Å². The molecule has 1 aromatic heterocycles. The Hall–Kier alpha value is -1.37. The summed E-state index contributed by atoms with van der Waals surface area (Å²) < 4.78 is 4.01. The Kier molecular flexibility index (Phi) is 4.57. The summed E-state index contributed by atoms with van der Waals surface area (Å²) in [7, 11) is 1.91. The minimum absolute atomic E-state index is 0.794. The van der Waals surface area contributed by atoms with Crippen LogP contribution >= 0.6 is 23.1 Å². The fraction of sp³-hybridized carbons (Fsp3) is 0.429. The van der Waals surface area contributed by atoms with Crippen molar-refractivity contribution in [2.75, 3.05) is 43.4 Å². The first-order valence-electron chi connectivity index (χ1n) is 6.98. The molecule has 1 saturated heterocycles. The largest absolute Gasteiger partial charge is 0.377 e. The Labute approximate surface area is 133 Å². The van der Waals surface area contributed by atoms with E-state index < -0.39 is 0 Å². The highest BCUT2D eigenvalue weighted by atomic mass is 35.5. The maximum Gasteiger partial charge on any atom is 0.134 e. The smallest absolute Gasteiger partial charge is 0.134 e. The van der Waals surface area contributed by atoms with Crippen molar-refractivity contribution in [2.24, 2.45) is 0 Å². The van der Waals surface area contributed by atoms with E-state index in [0.717, 1.165) is 48.4 Å². The van der Waals surface area contributed by atoms with Gasteiger partial charge in [-0.1, -0.05) is 22.2 Å². The molecule has 1 aliphatic rings. The van der Waals surface area contributed by atoms with Crippen molar-refractivity contribution in [3.05, 3.63) is 35.0 Å². The molecule has 2 aromatic rings. The quantitative estimate of drug-likeness (QED) is 0.937. The molecule has 0 amide bonds. The van der Waals surface area contributed by atoms with Gasteiger partial charge in [0, 0.05) is 62.0 Å². The van der Waals surface area contributed by atoms with E-state index >= 15 is 0 Å². The number of rotatable bonds is 4. The summed E-state index contributed by atoms with van der Waals surface area (Å²) in [6, 6.07) is 8.06. The third-order valence-corrected chi connectivity index (χ3v) is 4.72. The third kappa shape index (κ3) is 3.45. The minimum atomic E-state index is 0.794. The molecule has 3 rings (SSSR count). The van der Waals surface area contributed by atoms with Crippen LogP contribution in [-0.2, 0) is 6.54 Å². The van der Waals surface area contributed by atoms with Crippen molar-refractivity contribution in [2.45, 2.75) is 6.54 Å². The number of nitrogens with one attached hydrogen (secondary N) is 1. The number of aromatic nitrogens is 2. The van der Waals surface area contributed by atoms with E-state index in [1.165, 1.54) is 17.2 Å². The summed E-state index contributed by atoms with van der Waals surface area (Å²) in [5.74, 6) is 0. The molecule has 112 valence electrons. The van der Waals surface area contributed by atoms with Gasteiger partial charge in [-0.2, -0.15) is 0 Å². The lowest BCUT2D eigenvalue weighted by Gasteiger charge is -2.35. The van der Waals surface area contributed by atoms with Gasteiger partial charge in [-0.3, -0.25) is 4.90 Å². The van der Waals surface area contributed by atoms with Crippen LogP contribution in [0.3, 0.4) is 0 Å². The topological polar surface area (TPSA) is 44.3 Å². The molecule has 21 heavy (non-hydrogen) atoms. The molecule has 7 heteroatoms.